The number of nitrogens with two attached hydrogens (primary N) is 1. The maximum atomic E-state index is 12.1. The average Bonchev–Trinajstić information content (AvgIpc) is 2.98. The molecule has 1 aromatic carbocycles. The monoisotopic (exact) mass is 340 g/mol. The van der Waals surface area contributed by atoms with Crippen LogP contribution in [0.15, 0.2) is 12.1 Å². The number of fused-ring (bicyclic) bond motifs is 1. The van der Waals surface area contributed by atoms with Crippen molar-refractivity contribution in [3.63, 3.8) is 0 Å². The lowest BCUT2D eigenvalue weighted by molar-refractivity contribution is -0.125. The summed E-state index contributed by atoms with van der Waals surface area (Å²) in [5.41, 5.74) is 6.50. The van der Waals surface area contributed by atoms with Crippen molar-refractivity contribution >= 4 is 17.5 Å². The number of aliphatic hydroxyl groups excluding tert-OH is 1. The third kappa shape index (κ3) is 3.54. The van der Waals surface area contributed by atoms with Gasteiger partial charge in [-0.05, 0) is 30.5 Å². The lowest BCUT2D eigenvalue weighted by atomic mass is 10.0. The second-order valence-electron chi connectivity index (χ2n) is 5.99. The Labute approximate surface area is 139 Å². The Morgan fingerprint density at radius 2 is 2.17 bits per heavy atom. The number of hydrogen-bond acceptors (Lipinski definition) is 5. The molecule has 1 amide bonds. The van der Waals surface area contributed by atoms with Gasteiger partial charge in [-0.15, -0.1) is 0 Å². The van der Waals surface area contributed by atoms with Gasteiger partial charge in [0.1, 0.15) is 13.2 Å². The van der Waals surface area contributed by atoms with E-state index in [1.54, 1.807) is 12.1 Å². The summed E-state index contributed by atoms with van der Waals surface area (Å²) in [6.07, 6.45) is 1.78. The van der Waals surface area contributed by atoms with Gasteiger partial charge < -0.3 is 25.6 Å². The van der Waals surface area contributed by atoms with E-state index >= 15 is 0 Å². The number of carbonyl (C=O) groups is 1. The molecule has 0 aromatic heterocycles. The molecule has 1 aliphatic carbocycles. The normalized spacial score (nSPS) is 24.3. The molecule has 23 heavy (non-hydrogen) atoms. The molecule has 1 aromatic rings. The Bertz CT molecular complexity index is 596. The molecule has 126 valence electrons. The van der Waals surface area contributed by atoms with E-state index in [0.717, 1.165) is 19.3 Å². The fourth-order valence-corrected chi connectivity index (χ4v) is 3.36. The first-order valence-corrected chi connectivity index (χ1v) is 8.24. The zero-order chi connectivity index (χ0) is 16.4. The van der Waals surface area contributed by atoms with Gasteiger partial charge in [-0.3, -0.25) is 4.79 Å². The summed E-state index contributed by atoms with van der Waals surface area (Å²) in [4.78, 5) is 12.1. The minimum absolute atomic E-state index is 0.0871. The second-order valence-corrected chi connectivity index (χ2v) is 6.40. The standard InChI is InChI=1S/C16H21ClN2O4/c17-11-6-9(7-14-15(11)23-5-4-22-14)13(20)8-19-16(21)10-2-1-3-12(10)18/h6-7,10,12-13,20H,1-5,8,18H2,(H,19,21)/t10-,12+,13-/m0/s1. The summed E-state index contributed by atoms with van der Waals surface area (Å²) < 4.78 is 10.9. The van der Waals surface area contributed by atoms with Crippen LogP contribution in [-0.2, 0) is 4.79 Å². The number of ether oxygens (including phenoxy) is 2. The molecule has 0 radical (unpaired) electrons. The van der Waals surface area contributed by atoms with E-state index in [2.05, 4.69) is 5.32 Å². The first-order chi connectivity index (χ1) is 11.1. The third-order valence-corrected chi connectivity index (χ3v) is 4.66. The van der Waals surface area contributed by atoms with Crippen LogP contribution in [0.4, 0.5) is 0 Å². The van der Waals surface area contributed by atoms with Crippen molar-refractivity contribution in [3.05, 3.63) is 22.7 Å². The van der Waals surface area contributed by atoms with Crippen LogP contribution in [0.5, 0.6) is 11.5 Å². The molecule has 1 heterocycles. The number of carbonyl (C=O) groups excluding carboxylic acids is 1. The van der Waals surface area contributed by atoms with Crippen molar-refractivity contribution in [2.24, 2.45) is 11.7 Å². The van der Waals surface area contributed by atoms with Crippen LogP contribution >= 0.6 is 11.6 Å². The van der Waals surface area contributed by atoms with Crippen LogP contribution in [-0.4, -0.2) is 36.8 Å². The zero-order valence-electron chi connectivity index (χ0n) is 12.8. The second kappa shape index (κ2) is 6.95. The van der Waals surface area contributed by atoms with Gasteiger partial charge in [-0.1, -0.05) is 18.0 Å². The van der Waals surface area contributed by atoms with Crippen LogP contribution in [0, 0.1) is 5.92 Å². The van der Waals surface area contributed by atoms with Gasteiger partial charge in [0.25, 0.3) is 0 Å². The number of hydrogen-bond donors (Lipinski definition) is 3. The Balaban J connectivity index is 1.63. The molecule has 0 unspecified atom stereocenters. The lowest BCUT2D eigenvalue weighted by Gasteiger charge is -2.22. The van der Waals surface area contributed by atoms with E-state index in [4.69, 9.17) is 26.8 Å². The minimum Gasteiger partial charge on any atom is -0.486 e. The lowest BCUT2D eigenvalue weighted by Crippen LogP contribution is -2.40. The predicted octanol–water partition coefficient (Wildman–Crippen LogP) is 1.39. The number of aliphatic hydroxyl groups is 1. The summed E-state index contributed by atoms with van der Waals surface area (Å²) in [5, 5.41) is 13.5. The van der Waals surface area contributed by atoms with Crippen molar-refractivity contribution in [1.82, 2.24) is 5.32 Å². The molecular formula is C16H21ClN2O4. The first kappa shape index (κ1) is 16.4. The molecule has 1 saturated carbocycles. The molecule has 2 aliphatic rings. The molecule has 3 rings (SSSR count). The number of halogens is 1. The Kier molecular flexibility index (Phi) is 4.94. The van der Waals surface area contributed by atoms with Gasteiger partial charge in [0, 0.05) is 12.6 Å². The van der Waals surface area contributed by atoms with Crippen molar-refractivity contribution in [3.8, 4) is 11.5 Å². The Morgan fingerprint density at radius 3 is 2.91 bits per heavy atom. The Morgan fingerprint density at radius 1 is 1.39 bits per heavy atom. The largest absolute Gasteiger partial charge is 0.486 e. The van der Waals surface area contributed by atoms with Crippen molar-refractivity contribution < 1.29 is 19.4 Å². The quantitative estimate of drug-likeness (QED) is 0.770. The van der Waals surface area contributed by atoms with Crippen molar-refractivity contribution in [1.29, 1.82) is 0 Å². The van der Waals surface area contributed by atoms with Crippen LogP contribution in [0.2, 0.25) is 5.02 Å². The maximum Gasteiger partial charge on any atom is 0.224 e. The summed E-state index contributed by atoms with van der Waals surface area (Å²) >= 11 is 6.16. The number of rotatable bonds is 4. The molecule has 3 atom stereocenters. The maximum absolute atomic E-state index is 12.1. The third-order valence-electron chi connectivity index (χ3n) is 4.38. The van der Waals surface area contributed by atoms with Gasteiger partial charge in [0.2, 0.25) is 5.91 Å². The van der Waals surface area contributed by atoms with Crippen LogP contribution in [0.1, 0.15) is 30.9 Å². The highest BCUT2D eigenvalue weighted by Crippen LogP contribution is 2.39. The number of nitrogens with one attached hydrogen (secondary N) is 1. The van der Waals surface area contributed by atoms with E-state index in [1.807, 2.05) is 0 Å². The van der Waals surface area contributed by atoms with E-state index in [1.165, 1.54) is 0 Å². The molecule has 4 N–H and O–H groups in total. The number of amides is 1. The van der Waals surface area contributed by atoms with Crippen LogP contribution in [0.25, 0.3) is 0 Å². The fraction of sp³-hybridized carbons (Fsp3) is 0.562. The summed E-state index contributed by atoms with van der Waals surface area (Å²) in [7, 11) is 0. The van der Waals surface area contributed by atoms with Gasteiger partial charge in [-0.25, -0.2) is 0 Å². The van der Waals surface area contributed by atoms with Gasteiger partial charge in [0.15, 0.2) is 11.5 Å². The van der Waals surface area contributed by atoms with E-state index in [9.17, 15) is 9.90 Å². The van der Waals surface area contributed by atoms with Crippen LogP contribution in [0.3, 0.4) is 0 Å². The Hall–Kier alpha value is -1.50. The summed E-state index contributed by atoms with van der Waals surface area (Å²) in [5.74, 6) is 0.750. The summed E-state index contributed by atoms with van der Waals surface area (Å²) in [6, 6.07) is 3.24. The van der Waals surface area contributed by atoms with E-state index < -0.39 is 6.10 Å². The molecule has 1 fully saturated rings. The zero-order valence-corrected chi connectivity index (χ0v) is 13.5. The molecule has 0 spiro atoms. The van der Waals surface area contributed by atoms with Gasteiger partial charge in [-0.2, -0.15) is 0 Å². The summed E-state index contributed by atoms with van der Waals surface area (Å²) in [6.45, 7) is 1.00. The highest BCUT2D eigenvalue weighted by Gasteiger charge is 2.30. The number of benzene rings is 1. The molecule has 0 saturated heterocycles. The predicted molar refractivity (Wildman–Crippen MR) is 85.7 cm³/mol. The fourth-order valence-electron chi connectivity index (χ4n) is 3.08. The minimum atomic E-state index is -0.870. The van der Waals surface area contributed by atoms with Crippen molar-refractivity contribution in [2.75, 3.05) is 19.8 Å². The molecule has 6 nitrogen and oxygen atoms in total. The van der Waals surface area contributed by atoms with Crippen LogP contribution < -0.4 is 20.5 Å². The first-order valence-electron chi connectivity index (χ1n) is 7.86. The molecule has 7 heteroatoms. The average molecular weight is 341 g/mol. The SMILES string of the molecule is N[C@@H]1CCC[C@@H]1C(=O)NC[C@H](O)c1cc(Cl)c2c(c1)OCCO2. The van der Waals surface area contributed by atoms with Gasteiger partial charge in [0.05, 0.1) is 17.0 Å². The smallest absolute Gasteiger partial charge is 0.224 e. The highest BCUT2D eigenvalue weighted by molar-refractivity contribution is 6.32. The molecule has 1 aliphatic heterocycles. The van der Waals surface area contributed by atoms with Gasteiger partial charge >= 0.3 is 0 Å². The van der Waals surface area contributed by atoms with E-state index in [-0.39, 0.29) is 24.4 Å². The topological polar surface area (TPSA) is 93.8 Å². The van der Waals surface area contributed by atoms with E-state index in [0.29, 0.717) is 35.3 Å². The highest BCUT2D eigenvalue weighted by atomic mass is 35.5. The molecule has 0 bridgehead atoms. The van der Waals surface area contributed by atoms with Crippen molar-refractivity contribution in [2.45, 2.75) is 31.4 Å². The molecular weight excluding hydrogens is 320 g/mol.